The second-order valence-corrected chi connectivity index (χ2v) is 4.81. The van der Waals surface area contributed by atoms with Crippen molar-refractivity contribution in [3.05, 3.63) is 0 Å². The number of aliphatic hydroxyl groups is 2. The molecule has 3 nitrogen and oxygen atoms in total. The fourth-order valence-corrected chi connectivity index (χ4v) is 2.66. The molecule has 2 rings (SSSR count). The molecule has 106 valence electrons. The lowest BCUT2D eigenvalue weighted by Gasteiger charge is -2.50. The first-order chi connectivity index (χ1) is 8.11. The number of aliphatic hydroxyl groups excluding tert-OH is 1. The molecule has 2 aliphatic rings. The number of hydrogen-bond acceptors (Lipinski definition) is 3. The van der Waals surface area contributed by atoms with Crippen molar-refractivity contribution in [2.75, 3.05) is 0 Å². The van der Waals surface area contributed by atoms with Crippen LogP contribution in [0.2, 0.25) is 0 Å². The van der Waals surface area contributed by atoms with Crippen molar-refractivity contribution in [2.45, 2.75) is 55.8 Å². The van der Waals surface area contributed by atoms with Gasteiger partial charge in [0.05, 0.1) is 6.10 Å². The molecule has 2 fully saturated rings. The molecule has 8 heteroatoms. The van der Waals surface area contributed by atoms with Crippen LogP contribution in [0.3, 0.4) is 0 Å². The molecule has 0 spiro atoms. The third kappa shape index (κ3) is 1.73. The number of alkyl halides is 5. The summed E-state index contributed by atoms with van der Waals surface area (Å²) >= 11 is 0. The van der Waals surface area contributed by atoms with Crippen LogP contribution in [0, 0.1) is 5.92 Å². The molecule has 4 unspecified atom stereocenters. The predicted octanol–water partition coefficient (Wildman–Crippen LogP) is 1.82. The molecule has 1 aliphatic carbocycles. The van der Waals surface area contributed by atoms with Crippen molar-refractivity contribution >= 4 is 0 Å². The highest BCUT2D eigenvalue weighted by molar-refractivity contribution is 5.05. The first-order valence-electron chi connectivity index (χ1n) is 5.64. The Morgan fingerprint density at radius 2 is 1.67 bits per heavy atom. The highest BCUT2D eigenvalue weighted by Gasteiger charge is 2.77. The van der Waals surface area contributed by atoms with Crippen LogP contribution >= 0.6 is 0 Å². The van der Waals surface area contributed by atoms with E-state index < -0.39 is 36.0 Å². The zero-order valence-corrected chi connectivity index (χ0v) is 9.25. The van der Waals surface area contributed by atoms with Crippen LogP contribution < -0.4 is 0 Å². The van der Waals surface area contributed by atoms with Gasteiger partial charge in [0.1, 0.15) is 6.10 Å². The SMILES string of the molecule is OC1C2CCCCC2OC(O)(C(F)(F)F)C1(F)F. The summed E-state index contributed by atoms with van der Waals surface area (Å²) < 4.78 is 69.1. The minimum Gasteiger partial charge on any atom is -0.386 e. The summed E-state index contributed by atoms with van der Waals surface area (Å²) in [6.07, 6.45) is -8.07. The number of hydrogen-bond donors (Lipinski definition) is 2. The smallest absolute Gasteiger partial charge is 0.386 e. The van der Waals surface area contributed by atoms with E-state index in [1.54, 1.807) is 0 Å². The zero-order valence-electron chi connectivity index (χ0n) is 9.25. The maximum atomic E-state index is 13.6. The van der Waals surface area contributed by atoms with Crippen LogP contribution in [0.1, 0.15) is 25.7 Å². The molecule has 0 amide bonds. The fraction of sp³-hybridized carbons (Fsp3) is 1.00. The Kier molecular flexibility index (Phi) is 3.11. The lowest BCUT2D eigenvalue weighted by Crippen LogP contribution is -2.72. The van der Waals surface area contributed by atoms with Crippen LogP contribution in [-0.2, 0) is 4.74 Å². The summed E-state index contributed by atoms with van der Waals surface area (Å²) in [4.78, 5) is 0. The molecule has 0 bridgehead atoms. The molecule has 4 atom stereocenters. The van der Waals surface area contributed by atoms with Gasteiger partial charge >= 0.3 is 17.9 Å². The third-order valence-electron chi connectivity index (χ3n) is 3.69. The molecule has 18 heavy (non-hydrogen) atoms. The minimum absolute atomic E-state index is 0.121. The standard InChI is InChI=1S/C10H13F5O3/c11-8(12)7(16)5-3-1-2-4-6(5)18-9(8,17)10(13,14)15/h5-7,16-17H,1-4H2. The van der Waals surface area contributed by atoms with Crippen molar-refractivity contribution in [1.29, 1.82) is 0 Å². The fourth-order valence-electron chi connectivity index (χ4n) is 2.66. The van der Waals surface area contributed by atoms with Crippen molar-refractivity contribution in [2.24, 2.45) is 5.92 Å². The van der Waals surface area contributed by atoms with Crippen LogP contribution in [0.4, 0.5) is 22.0 Å². The van der Waals surface area contributed by atoms with E-state index in [-0.39, 0.29) is 12.8 Å². The van der Waals surface area contributed by atoms with E-state index in [2.05, 4.69) is 4.74 Å². The van der Waals surface area contributed by atoms with Crippen molar-refractivity contribution in [3.8, 4) is 0 Å². The topological polar surface area (TPSA) is 49.7 Å². The quantitative estimate of drug-likeness (QED) is 0.664. The number of rotatable bonds is 0. The molecule has 1 heterocycles. The van der Waals surface area contributed by atoms with Gasteiger partial charge in [-0.3, -0.25) is 0 Å². The van der Waals surface area contributed by atoms with Gasteiger partial charge in [-0.15, -0.1) is 0 Å². The Bertz CT molecular complexity index is 332. The van der Waals surface area contributed by atoms with Crippen LogP contribution in [0.5, 0.6) is 0 Å². The highest BCUT2D eigenvalue weighted by atomic mass is 19.4. The first kappa shape index (κ1) is 14.0. The third-order valence-corrected chi connectivity index (χ3v) is 3.69. The summed E-state index contributed by atoms with van der Waals surface area (Å²) in [7, 11) is 0. The molecule has 0 radical (unpaired) electrons. The average molecular weight is 276 g/mol. The summed E-state index contributed by atoms with van der Waals surface area (Å²) in [5.74, 6) is -10.5. The van der Waals surface area contributed by atoms with E-state index in [4.69, 9.17) is 0 Å². The average Bonchev–Trinajstić information content (AvgIpc) is 2.25. The molecule has 2 N–H and O–H groups in total. The van der Waals surface area contributed by atoms with Gasteiger partial charge in [-0.25, -0.2) is 0 Å². The van der Waals surface area contributed by atoms with Gasteiger partial charge in [-0.05, 0) is 12.8 Å². The Labute approximate surface area is 99.5 Å². The van der Waals surface area contributed by atoms with E-state index in [0.717, 1.165) is 0 Å². The Morgan fingerprint density at radius 3 is 2.22 bits per heavy atom. The maximum Gasteiger partial charge on any atom is 0.449 e. The summed E-state index contributed by atoms with van der Waals surface area (Å²) in [5, 5.41) is 18.6. The van der Waals surface area contributed by atoms with Crippen molar-refractivity contribution in [1.82, 2.24) is 0 Å². The predicted molar refractivity (Wildman–Crippen MR) is 48.8 cm³/mol. The van der Waals surface area contributed by atoms with Gasteiger partial charge in [0.15, 0.2) is 0 Å². The van der Waals surface area contributed by atoms with Crippen molar-refractivity contribution < 1.29 is 36.9 Å². The van der Waals surface area contributed by atoms with Crippen molar-refractivity contribution in [3.63, 3.8) is 0 Å². The van der Waals surface area contributed by atoms with Crippen LogP contribution in [0.15, 0.2) is 0 Å². The minimum atomic E-state index is -5.67. The number of fused-ring (bicyclic) bond motifs is 1. The lowest BCUT2D eigenvalue weighted by atomic mass is 9.76. The Morgan fingerprint density at radius 1 is 1.11 bits per heavy atom. The monoisotopic (exact) mass is 276 g/mol. The summed E-state index contributed by atoms with van der Waals surface area (Å²) in [5.41, 5.74) is 0. The van der Waals surface area contributed by atoms with Crippen LogP contribution in [0.25, 0.3) is 0 Å². The van der Waals surface area contributed by atoms with Gasteiger partial charge in [0, 0.05) is 5.92 Å². The molecular weight excluding hydrogens is 263 g/mol. The maximum absolute atomic E-state index is 13.6. The molecule has 0 aromatic heterocycles. The second-order valence-electron chi connectivity index (χ2n) is 4.81. The molecule has 0 aromatic rings. The number of ether oxygens (including phenoxy) is 1. The molecule has 1 saturated heterocycles. The lowest BCUT2D eigenvalue weighted by molar-refractivity contribution is -0.477. The van der Waals surface area contributed by atoms with E-state index in [1.807, 2.05) is 0 Å². The van der Waals surface area contributed by atoms with E-state index in [1.165, 1.54) is 0 Å². The van der Waals surface area contributed by atoms with E-state index >= 15 is 0 Å². The van der Waals surface area contributed by atoms with Gasteiger partial charge in [0.2, 0.25) is 0 Å². The van der Waals surface area contributed by atoms with Gasteiger partial charge in [-0.1, -0.05) is 12.8 Å². The summed E-state index contributed by atoms with van der Waals surface area (Å²) in [6.45, 7) is 0. The van der Waals surface area contributed by atoms with Crippen LogP contribution in [-0.4, -0.2) is 40.3 Å². The van der Waals surface area contributed by atoms with E-state index in [9.17, 15) is 32.2 Å². The molecular formula is C10H13F5O3. The molecule has 1 aliphatic heterocycles. The first-order valence-corrected chi connectivity index (χ1v) is 5.64. The zero-order chi connectivity index (χ0) is 13.8. The molecule has 0 aromatic carbocycles. The largest absolute Gasteiger partial charge is 0.449 e. The Hall–Kier alpha value is -0.470. The highest BCUT2D eigenvalue weighted by Crippen LogP contribution is 2.53. The second kappa shape index (κ2) is 4.01. The normalized spacial score (nSPS) is 44.5. The molecule has 1 saturated carbocycles. The van der Waals surface area contributed by atoms with Gasteiger partial charge in [-0.2, -0.15) is 22.0 Å². The number of halogens is 5. The summed E-state index contributed by atoms with van der Waals surface area (Å²) in [6, 6.07) is 0. The van der Waals surface area contributed by atoms with Gasteiger partial charge in [0.25, 0.3) is 0 Å². The van der Waals surface area contributed by atoms with E-state index in [0.29, 0.717) is 12.8 Å². The Balaban J connectivity index is 2.38. The van der Waals surface area contributed by atoms with Gasteiger partial charge < -0.3 is 14.9 Å².